The lowest BCUT2D eigenvalue weighted by Crippen LogP contribution is -2.61. The first-order valence-corrected chi connectivity index (χ1v) is 26.1. The number of hydrogen-bond donors (Lipinski definition) is 0. The minimum Gasteiger partial charge on any atom is -0.456 e. The van der Waals surface area contributed by atoms with E-state index in [1.807, 2.05) is 0 Å². The summed E-state index contributed by atoms with van der Waals surface area (Å²) in [5.41, 5.74) is 27.7. The van der Waals surface area contributed by atoms with Gasteiger partial charge in [0.25, 0.3) is 0 Å². The van der Waals surface area contributed by atoms with Crippen LogP contribution in [0.25, 0.3) is 88.3 Å². The zero-order valence-electron chi connectivity index (χ0n) is 41.7. The number of furan rings is 1. The Balaban J connectivity index is 1.04. The summed E-state index contributed by atoms with van der Waals surface area (Å²) in [5.74, 6) is 0. The van der Waals surface area contributed by atoms with Gasteiger partial charge in [0.05, 0.1) is 0 Å². The molecule has 3 heterocycles. The number of hydrogen-bond acceptors (Lipinski definition) is 3. The van der Waals surface area contributed by atoms with Crippen molar-refractivity contribution in [1.29, 1.82) is 0 Å². The van der Waals surface area contributed by atoms with Crippen LogP contribution in [0, 0.1) is 0 Å². The summed E-state index contributed by atoms with van der Waals surface area (Å²) >= 11 is 0. The first-order valence-electron chi connectivity index (χ1n) is 26.1. The van der Waals surface area contributed by atoms with E-state index in [1.54, 1.807) is 0 Å². The van der Waals surface area contributed by atoms with Crippen molar-refractivity contribution in [3.8, 4) is 55.6 Å². The van der Waals surface area contributed by atoms with Crippen LogP contribution in [-0.4, -0.2) is 6.85 Å². The Kier molecular flexibility index (Phi) is 8.39. The molecule has 0 fully saturated rings. The third kappa shape index (κ3) is 5.68. The second-order valence-corrected chi connectivity index (χ2v) is 22.0. The average Bonchev–Trinajstić information content (AvgIpc) is 4.01. The average molecular weight is 945 g/mol. The fourth-order valence-electron chi connectivity index (χ4n) is 13.8. The molecular weight excluding hydrogens is 896 g/mol. The van der Waals surface area contributed by atoms with E-state index in [1.165, 1.54) is 111 Å². The van der Waals surface area contributed by atoms with E-state index in [0.717, 1.165) is 39.0 Å². The molecule has 0 spiro atoms. The van der Waals surface area contributed by atoms with E-state index < -0.39 is 0 Å². The second-order valence-electron chi connectivity index (χ2n) is 22.0. The minimum absolute atomic E-state index is 0.118. The van der Waals surface area contributed by atoms with Gasteiger partial charge in [-0.25, -0.2) is 0 Å². The zero-order chi connectivity index (χ0) is 49.2. The van der Waals surface area contributed by atoms with Gasteiger partial charge in [-0.05, 0) is 155 Å². The number of benzene rings is 11. The highest BCUT2D eigenvalue weighted by Crippen LogP contribution is 2.56. The number of rotatable bonds is 4. The molecule has 1 aromatic heterocycles. The highest BCUT2D eigenvalue weighted by molar-refractivity contribution is 6.93. The summed E-state index contributed by atoms with van der Waals surface area (Å²) < 4.78 is 6.98. The molecule has 4 aliphatic rings. The van der Waals surface area contributed by atoms with Gasteiger partial charge in [0, 0.05) is 61.7 Å². The van der Waals surface area contributed by atoms with E-state index in [9.17, 15) is 0 Å². The largest absolute Gasteiger partial charge is 0.456 e. The minimum atomic E-state index is -0.215. The molecule has 0 saturated heterocycles. The molecule has 0 radical (unpaired) electrons. The van der Waals surface area contributed by atoms with Gasteiger partial charge in [-0.1, -0.05) is 185 Å². The molecule has 0 bridgehead atoms. The van der Waals surface area contributed by atoms with Crippen LogP contribution < -0.4 is 20.6 Å². The Bertz CT molecular complexity index is 4380. The van der Waals surface area contributed by atoms with Crippen LogP contribution in [0.2, 0.25) is 0 Å². The van der Waals surface area contributed by atoms with Crippen molar-refractivity contribution in [2.45, 2.75) is 38.5 Å². The maximum atomic E-state index is 6.98. The molecule has 0 N–H and O–H groups in total. The molecule has 348 valence electrons. The van der Waals surface area contributed by atoms with Gasteiger partial charge in [0.15, 0.2) is 0 Å². The predicted molar refractivity (Wildman–Crippen MR) is 311 cm³/mol. The highest BCUT2D eigenvalue weighted by atomic mass is 16.3. The summed E-state index contributed by atoms with van der Waals surface area (Å²) in [6.07, 6.45) is 0. The number of nitrogens with zero attached hydrogens (tertiary/aromatic N) is 2. The Morgan fingerprint density at radius 2 is 0.905 bits per heavy atom. The summed E-state index contributed by atoms with van der Waals surface area (Å²) in [6.45, 7) is 9.37. The number of fused-ring (bicyclic) bond motifs is 14. The molecule has 4 heteroatoms. The Morgan fingerprint density at radius 3 is 1.62 bits per heavy atom. The lowest BCUT2D eigenvalue weighted by molar-refractivity contribution is 0.660. The molecule has 16 rings (SSSR count). The molecule has 0 unspecified atom stereocenters. The van der Waals surface area contributed by atoms with Crippen molar-refractivity contribution < 1.29 is 4.42 Å². The van der Waals surface area contributed by atoms with Gasteiger partial charge in [-0.2, -0.15) is 0 Å². The molecule has 0 amide bonds. The van der Waals surface area contributed by atoms with Crippen molar-refractivity contribution >= 4 is 78.9 Å². The van der Waals surface area contributed by atoms with E-state index >= 15 is 0 Å². The van der Waals surface area contributed by atoms with Crippen LogP contribution in [0.1, 0.15) is 49.9 Å². The van der Waals surface area contributed by atoms with Gasteiger partial charge in [-0.3, -0.25) is 0 Å². The van der Waals surface area contributed by atoms with Crippen LogP contribution in [0.15, 0.2) is 229 Å². The SMILES string of the molecule is CC1(C)c2ccccc2-c2cc(N3c4cc5c(cc4B4c6c(cc(-c7ccccc7)cc63)-c3cc6c(cc3N4c3ccc(-c4ccccc4)cc3)oc3cc4ccccc4cc36)C(C)(C)c3ccccc3-5)ccc21. The van der Waals surface area contributed by atoms with Gasteiger partial charge in [0.1, 0.15) is 11.2 Å². The molecule has 12 aromatic rings. The third-order valence-electron chi connectivity index (χ3n) is 17.4. The van der Waals surface area contributed by atoms with Crippen LogP contribution in [0.5, 0.6) is 0 Å². The van der Waals surface area contributed by atoms with Gasteiger partial charge < -0.3 is 14.1 Å². The van der Waals surface area contributed by atoms with E-state index in [4.69, 9.17) is 4.42 Å². The van der Waals surface area contributed by atoms with Crippen molar-refractivity contribution in [2.75, 3.05) is 9.71 Å². The quantitative estimate of drug-likeness (QED) is 0.164. The van der Waals surface area contributed by atoms with Crippen LogP contribution in [0.3, 0.4) is 0 Å². The maximum Gasteiger partial charge on any atom is 0.333 e. The maximum absolute atomic E-state index is 6.98. The van der Waals surface area contributed by atoms with Crippen molar-refractivity contribution in [3.63, 3.8) is 0 Å². The molecule has 11 aromatic carbocycles. The predicted octanol–water partition coefficient (Wildman–Crippen LogP) is 17.4. The lowest BCUT2D eigenvalue weighted by atomic mass is 9.43. The monoisotopic (exact) mass is 944 g/mol. The first-order chi connectivity index (χ1) is 36.2. The molecule has 0 saturated carbocycles. The Morgan fingerprint density at radius 1 is 0.351 bits per heavy atom. The van der Waals surface area contributed by atoms with Gasteiger partial charge in [0.2, 0.25) is 0 Å². The topological polar surface area (TPSA) is 19.6 Å². The van der Waals surface area contributed by atoms with Crippen molar-refractivity contribution in [1.82, 2.24) is 0 Å². The van der Waals surface area contributed by atoms with E-state index in [2.05, 4.69) is 262 Å². The van der Waals surface area contributed by atoms with Crippen LogP contribution in [-0.2, 0) is 10.8 Å². The summed E-state index contributed by atoms with van der Waals surface area (Å²) in [4.78, 5) is 5.26. The van der Waals surface area contributed by atoms with Crippen molar-refractivity contribution in [2.24, 2.45) is 0 Å². The lowest BCUT2D eigenvalue weighted by Gasteiger charge is -2.46. The van der Waals surface area contributed by atoms with Gasteiger partial charge in [-0.15, -0.1) is 0 Å². The van der Waals surface area contributed by atoms with E-state index in [0.29, 0.717) is 0 Å². The molecule has 74 heavy (non-hydrogen) atoms. The molecular formula is C70H49BN2O. The molecule has 2 aliphatic heterocycles. The number of anilines is 5. The first kappa shape index (κ1) is 41.7. The van der Waals surface area contributed by atoms with Crippen LogP contribution in [0.4, 0.5) is 28.4 Å². The Labute approximate surface area is 431 Å². The third-order valence-corrected chi connectivity index (χ3v) is 17.4. The van der Waals surface area contributed by atoms with E-state index in [-0.39, 0.29) is 17.7 Å². The molecule has 2 aliphatic carbocycles. The summed E-state index contributed by atoms with van der Waals surface area (Å²) in [5, 5.41) is 4.62. The Hall–Kier alpha value is -8.86. The second kappa shape index (κ2) is 14.9. The fraction of sp³-hybridized carbons (Fsp3) is 0.0857. The fourth-order valence-corrected chi connectivity index (χ4v) is 13.8. The zero-order valence-corrected chi connectivity index (χ0v) is 41.7. The molecule has 3 nitrogen and oxygen atoms in total. The van der Waals surface area contributed by atoms with Crippen molar-refractivity contribution in [3.05, 3.63) is 247 Å². The molecule has 0 atom stereocenters. The normalized spacial score (nSPS) is 14.9. The summed E-state index contributed by atoms with van der Waals surface area (Å²) in [7, 11) is 0. The highest BCUT2D eigenvalue weighted by Gasteiger charge is 2.48. The summed E-state index contributed by atoms with van der Waals surface area (Å²) in [6, 6.07) is 84.4. The smallest absolute Gasteiger partial charge is 0.333 e. The standard InChI is InChI=1S/C70H49BN2O/c1-69(2)58-25-15-13-23-50(58)52-37-49(31-32-60(52)69)72-64-39-53-51-24-14-16-26-59(51)70(3,4)61(53)40-62(64)71-68-57(34-47(35-65(68)72)43-19-9-6-10-20-43)54-38-56-55-33-45-21-11-12-22-46(45)36-66(55)74-67(56)41-63(54)73(71)48-29-27-44(28-30-48)42-17-7-5-8-18-42/h5-41H,1-4H3. The van der Waals surface area contributed by atoms with Crippen LogP contribution >= 0.6 is 0 Å². The van der Waals surface area contributed by atoms with Gasteiger partial charge >= 0.3 is 6.85 Å².